The molecule has 8 nitrogen and oxygen atoms in total. The second-order valence-electron chi connectivity index (χ2n) is 6.37. The Morgan fingerprint density at radius 2 is 1.77 bits per heavy atom. The molecule has 0 aliphatic carbocycles. The molecule has 0 atom stereocenters. The van der Waals surface area contributed by atoms with Crippen molar-refractivity contribution in [2.24, 2.45) is 4.99 Å². The van der Waals surface area contributed by atoms with Gasteiger partial charge in [0.05, 0.1) is 33.6 Å². The molecule has 0 saturated carbocycles. The van der Waals surface area contributed by atoms with E-state index < -0.39 is 0 Å². The smallest absolute Gasteiger partial charge is 0.258 e. The minimum atomic E-state index is -0.351. The predicted molar refractivity (Wildman–Crippen MR) is 119 cm³/mol. The summed E-state index contributed by atoms with van der Waals surface area (Å²) >= 11 is 0. The highest BCUT2D eigenvalue weighted by molar-refractivity contribution is 6.10. The van der Waals surface area contributed by atoms with Crippen molar-refractivity contribution >= 4 is 17.6 Å². The fourth-order valence-electron chi connectivity index (χ4n) is 2.76. The van der Waals surface area contributed by atoms with Crippen LogP contribution in [-0.4, -0.2) is 38.2 Å². The molecule has 0 unspecified atom stereocenters. The van der Waals surface area contributed by atoms with Gasteiger partial charge in [0.1, 0.15) is 5.75 Å². The summed E-state index contributed by atoms with van der Waals surface area (Å²) in [5, 5.41) is 5.94. The Morgan fingerprint density at radius 1 is 0.935 bits per heavy atom. The number of ether oxygens (including phenoxy) is 3. The third kappa shape index (κ3) is 5.96. The van der Waals surface area contributed by atoms with E-state index in [0.717, 1.165) is 5.69 Å². The number of aromatic nitrogens is 1. The second-order valence-corrected chi connectivity index (χ2v) is 6.37. The van der Waals surface area contributed by atoms with E-state index in [1.165, 1.54) is 14.2 Å². The van der Waals surface area contributed by atoms with Crippen LogP contribution in [0.5, 0.6) is 17.2 Å². The Bertz CT molecular complexity index is 1050. The maximum Gasteiger partial charge on any atom is 0.258 e. The fraction of sp³-hybridized carbons (Fsp3) is 0.174. The lowest BCUT2D eigenvalue weighted by molar-refractivity contribution is 0.0976. The Balaban J connectivity index is 1.83. The third-order valence-corrected chi connectivity index (χ3v) is 4.34. The maximum absolute atomic E-state index is 12.9. The molecule has 0 saturated heterocycles. The Labute approximate surface area is 180 Å². The highest BCUT2D eigenvalue weighted by Gasteiger charge is 2.13. The molecule has 0 fully saturated rings. The Hall–Kier alpha value is -4.07. The van der Waals surface area contributed by atoms with Gasteiger partial charge < -0.3 is 19.5 Å². The van der Waals surface area contributed by atoms with Gasteiger partial charge in [0.2, 0.25) is 5.96 Å². The average Bonchev–Trinajstić information content (AvgIpc) is 2.82. The highest BCUT2D eigenvalue weighted by atomic mass is 16.5. The van der Waals surface area contributed by atoms with Crippen molar-refractivity contribution in [3.8, 4) is 17.2 Å². The number of pyridine rings is 1. The van der Waals surface area contributed by atoms with Crippen LogP contribution in [0.15, 0.2) is 71.9 Å². The minimum absolute atomic E-state index is 0.277. The predicted octanol–water partition coefficient (Wildman–Crippen LogP) is 3.51. The van der Waals surface area contributed by atoms with Crippen LogP contribution in [0.3, 0.4) is 0 Å². The van der Waals surface area contributed by atoms with Crippen LogP contribution in [0.1, 0.15) is 16.1 Å². The number of aliphatic imine (C=N–C) groups is 1. The van der Waals surface area contributed by atoms with Gasteiger partial charge in [-0.3, -0.25) is 15.1 Å². The quantitative estimate of drug-likeness (QED) is 0.449. The molecule has 0 aliphatic rings. The second kappa shape index (κ2) is 10.6. The molecule has 0 aliphatic heterocycles. The van der Waals surface area contributed by atoms with Crippen molar-refractivity contribution in [1.29, 1.82) is 0 Å². The van der Waals surface area contributed by atoms with E-state index >= 15 is 0 Å². The van der Waals surface area contributed by atoms with Crippen LogP contribution >= 0.6 is 0 Å². The molecule has 3 rings (SSSR count). The van der Waals surface area contributed by atoms with Crippen molar-refractivity contribution in [3.63, 3.8) is 0 Å². The number of carbonyl (C=O) groups is 1. The van der Waals surface area contributed by atoms with Gasteiger partial charge in [0.15, 0.2) is 11.5 Å². The number of anilines is 1. The van der Waals surface area contributed by atoms with E-state index in [0.29, 0.717) is 35.0 Å². The summed E-state index contributed by atoms with van der Waals surface area (Å²) in [6.07, 6.45) is 1.70. The first-order valence-corrected chi connectivity index (χ1v) is 9.51. The van der Waals surface area contributed by atoms with E-state index in [4.69, 9.17) is 14.2 Å². The van der Waals surface area contributed by atoms with Crippen molar-refractivity contribution in [3.05, 3.63) is 78.1 Å². The number of nitrogens with one attached hydrogen (secondary N) is 2. The Kier molecular flexibility index (Phi) is 7.42. The Morgan fingerprint density at radius 3 is 2.48 bits per heavy atom. The maximum atomic E-state index is 12.9. The zero-order valence-corrected chi connectivity index (χ0v) is 17.6. The van der Waals surface area contributed by atoms with Gasteiger partial charge in [-0.25, -0.2) is 4.99 Å². The van der Waals surface area contributed by atoms with Crippen molar-refractivity contribution < 1.29 is 19.0 Å². The molecule has 1 aromatic heterocycles. The molecule has 31 heavy (non-hydrogen) atoms. The largest absolute Gasteiger partial charge is 0.497 e. The summed E-state index contributed by atoms with van der Waals surface area (Å²) < 4.78 is 15.8. The van der Waals surface area contributed by atoms with Crippen LogP contribution in [0.2, 0.25) is 0 Å². The van der Waals surface area contributed by atoms with Crippen molar-refractivity contribution in [1.82, 2.24) is 10.3 Å². The lowest BCUT2D eigenvalue weighted by Gasteiger charge is -2.14. The van der Waals surface area contributed by atoms with Gasteiger partial charge >= 0.3 is 0 Å². The van der Waals surface area contributed by atoms with E-state index in [-0.39, 0.29) is 11.9 Å². The highest BCUT2D eigenvalue weighted by Crippen LogP contribution is 2.27. The molecule has 160 valence electrons. The average molecular weight is 420 g/mol. The molecule has 3 aromatic rings. The molecule has 0 bridgehead atoms. The third-order valence-electron chi connectivity index (χ3n) is 4.34. The number of methoxy groups -OCH3 is 3. The first-order valence-electron chi connectivity index (χ1n) is 9.51. The van der Waals surface area contributed by atoms with E-state index in [2.05, 4.69) is 20.6 Å². The summed E-state index contributed by atoms with van der Waals surface area (Å²) in [5.74, 6) is 1.61. The van der Waals surface area contributed by atoms with E-state index in [9.17, 15) is 4.79 Å². The number of hydrogen-bond acceptors (Lipinski definition) is 6. The number of rotatable bonds is 7. The monoisotopic (exact) mass is 420 g/mol. The van der Waals surface area contributed by atoms with Crippen LogP contribution in [0, 0.1) is 0 Å². The van der Waals surface area contributed by atoms with Crippen molar-refractivity contribution in [2.75, 3.05) is 26.6 Å². The molecule has 2 N–H and O–H groups in total. The van der Waals surface area contributed by atoms with Crippen LogP contribution in [-0.2, 0) is 6.54 Å². The minimum Gasteiger partial charge on any atom is -0.497 e. The fourth-order valence-corrected chi connectivity index (χ4v) is 2.76. The number of hydrogen-bond donors (Lipinski definition) is 2. The standard InChI is InChI=1S/C23H24N4O4/c1-29-19-9-6-8-17(14-19)26-23(25-15-18-7-4-5-12-24-18)27-22(28)16-10-11-20(30-2)21(13-16)31-3/h4-14H,15H2,1-3H3,(H2,25,26,27,28). The first kappa shape index (κ1) is 21.6. The molecule has 0 spiro atoms. The molecule has 0 radical (unpaired) electrons. The van der Waals surface area contributed by atoms with Gasteiger partial charge in [0, 0.05) is 23.5 Å². The van der Waals surface area contributed by atoms with Gasteiger partial charge in [-0.15, -0.1) is 0 Å². The van der Waals surface area contributed by atoms with E-state index in [1.807, 2.05) is 36.4 Å². The zero-order valence-electron chi connectivity index (χ0n) is 17.6. The number of carbonyl (C=O) groups excluding carboxylic acids is 1. The molecular formula is C23H24N4O4. The molecule has 1 heterocycles. The summed E-state index contributed by atoms with van der Waals surface area (Å²) in [7, 11) is 4.65. The number of guanidine groups is 1. The number of nitrogens with zero attached hydrogens (tertiary/aromatic N) is 2. The van der Waals surface area contributed by atoms with Gasteiger partial charge in [-0.05, 0) is 42.5 Å². The molecule has 1 amide bonds. The summed E-state index contributed by atoms with van der Waals surface area (Å²) in [6, 6.07) is 17.8. The first-order chi connectivity index (χ1) is 15.1. The number of benzene rings is 2. The van der Waals surface area contributed by atoms with Gasteiger partial charge in [0.25, 0.3) is 5.91 Å². The normalized spacial score (nSPS) is 10.9. The zero-order chi connectivity index (χ0) is 22.1. The molecular weight excluding hydrogens is 396 g/mol. The number of amides is 1. The van der Waals surface area contributed by atoms with Crippen molar-refractivity contribution in [2.45, 2.75) is 6.54 Å². The summed E-state index contributed by atoms with van der Waals surface area (Å²) in [4.78, 5) is 21.6. The molecule has 8 heteroatoms. The topological polar surface area (TPSA) is 94.1 Å². The van der Waals surface area contributed by atoms with Gasteiger partial charge in [-0.1, -0.05) is 12.1 Å². The van der Waals surface area contributed by atoms with Crippen LogP contribution in [0.4, 0.5) is 5.69 Å². The lowest BCUT2D eigenvalue weighted by atomic mass is 10.2. The van der Waals surface area contributed by atoms with Crippen LogP contribution in [0.25, 0.3) is 0 Å². The summed E-state index contributed by atoms with van der Waals surface area (Å²) in [6.45, 7) is 0.291. The van der Waals surface area contributed by atoms with Gasteiger partial charge in [-0.2, -0.15) is 0 Å². The molecule has 2 aromatic carbocycles. The van der Waals surface area contributed by atoms with Crippen LogP contribution < -0.4 is 24.8 Å². The SMILES string of the molecule is COc1cccc(NC(=NCc2ccccn2)NC(=O)c2ccc(OC)c(OC)c2)c1. The lowest BCUT2D eigenvalue weighted by Crippen LogP contribution is -2.36. The summed E-state index contributed by atoms with van der Waals surface area (Å²) in [5.41, 5.74) is 1.88. The van der Waals surface area contributed by atoms with E-state index in [1.54, 1.807) is 37.6 Å².